The van der Waals surface area contributed by atoms with E-state index in [1.807, 2.05) is 0 Å². The molecular formula is C8H4F6OS. The average Bonchev–Trinajstić information content (AvgIpc) is 2.48. The van der Waals surface area contributed by atoms with Gasteiger partial charge in [0, 0.05) is 10.9 Å². The van der Waals surface area contributed by atoms with E-state index >= 15 is 0 Å². The Balaban J connectivity index is 3.09. The number of thiophene rings is 1. The first-order chi connectivity index (χ1) is 7.14. The van der Waals surface area contributed by atoms with Crippen LogP contribution in [0, 0.1) is 5.92 Å². The monoisotopic (exact) mass is 262 g/mol. The van der Waals surface area contributed by atoms with Crippen LogP contribution in [-0.2, 0) is 0 Å². The van der Waals surface area contributed by atoms with E-state index in [1.54, 1.807) is 0 Å². The Morgan fingerprint density at radius 2 is 1.62 bits per heavy atom. The summed E-state index contributed by atoms with van der Waals surface area (Å²) in [4.78, 5) is 11.1. The number of alkyl halides is 6. The predicted octanol–water partition coefficient (Wildman–Crippen LogP) is 3.67. The first-order valence-electron chi connectivity index (χ1n) is 3.84. The van der Waals surface area contributed by atoms with Gasteiger partial charge in [-0.2, -0.15) is 37.7 Å². The number of rotatable bonds is 2. The number of carbonyl (C=O) groups is 1. The van der Waals surface area contributed by atoms with Crippen LogP contribution in [-0.4, -0.2) is 18.1 Å². The summed E-state index contributed by atoms with van der Waals surface area (Å²) in [5.74, 6) is -5.92. The number of carbonyl (C=O) groups excluding carboxylic acids is 1. The molecule has 0 aliphatic carbocycles. The standard InChI is InChI=1S/C8H4F6OS/c9-7(10,11)6(8(12,13)14)5(15)4-1-2-16-3-4/h1-3,6H. The van der Waals surface area contributed by atoms with Gasteiger partial charge in [-0.1, -0.05) is 0 Å². The number of Topliss-reactive ketones (excluding diaryl/α,β-unsaturated/α-hetero) is 1. The van der Waals surface area contributed by atoms with E-state index in [4.69, 9.17) is 0 Å². The van der Waals surface area contributed by atoms with Crippen molar-refractivity contribution in [2.24, 2.45) is 5.92 Å². The van der Waals surface area contributed by atoms with Gasteiger partial charge < -0.3 is 0 Å². The van der Waals surface area contributed by atoms with E-state index in [0.717, 1.165) is 22.8 Å². The minimum absolute atomic E-state index is 0.579. The third-order valence-corrected chi connectivity index (χ3v) is 2.41. The lowest BCUT2D eigenvalue weighted by atomic mass is 9.98. The molecule has 0 aliphatic heterocycles. The largest absolute Gasteiger partial charge is 0.407 e. The number of ketones is 1. The van der Waals surface area contributed by atoms with Gasteiger partial charge in [-0.3, -0.25) is 4.79 Å². The highest BCUT2D eigenvalue weighted by Crippen LogP contribution is 2.41. The van der Waals surface area contributed by atoms with E-state index in [2.05, 4.69) is 0 Å². The van der Waals surface area contributed by atoms with E-state index in [-0.39, 0.29) is 0 Å². The molecule has 0 N–H and O–H groups in total. The van der Waals surface area contributed by atoms with Crippen LogP contribution in [0.5, 0.6) is 0 Å². The topological polar surface area (TPSA) is 17.1 Å². The molecule has 0 spiro atoms. The Labute approximate surface area is 89.7 Å². The van der Waals surface area contributed by atoms with Gasteiger partial charge in [-0.25, -0.2) is 0 Å². The molecule has 0 fully saturated rings. The number of hydrogen-bond acceptors (Lipinski definition) is 2. The van der Waals surface area contributed by atoms with E-state index < -0.39 is 29.6 Å². The van der Waals surface area contributed by atoms with E-state index in [0.29, 0.717) is 0 Å². The molecule has 0 saturated carbocycles. The van der Waals surface area contributed by atoms with Gasteiger partial charge in [0.1, 0.15) is 0 Å². The molecule has 0 amide bonds. The van der Waals surface area contributed by atoms with Crippen LogP contribution < -0.4 is 0 Å². The second-order valence-electron chi connectivity index (χ2n) is 2.89. The molecular weight excluding hydrogens is 258 g/mol. The van der Waals surface area contributed by atoms with Crippen molar-refractivity contribution < 1.29 is 31.1 Å². The molecule has 1 heterocycles. The first-order valence-corrected chi connectivity index (χ1v) is 4.78. The molecule has 8 heteroatoms. The third kappa shape index (κ3) is 2.75. The van der Waals surface area contributed by atoms with Crippen LogP contribution in [0.25, 0.3) is 0 Å². The summed E-state index contributed by atoms with van der Waals surface area (Å²) < 4.78 is 72.7. The first kappa shape index (κ1) is 13.0. The molecule has 1 rings (SSSR count). The molecule has 1 aromatic rings. The Morgan fingerprint density at radius 3 is 1.94 bits per heavy atom. The fourth-order valence-corrected chi connectivity index (χ4v) is 1.70. The van der Waals surface area contributed by atoms with Crippen molar-refractivity contribution in [1.82, 2.24) is 0 Å². The van der Waals surface area contributed by atoms with Gasteiger partial charge >= 0.3 is 12.4 Å². The molecule has 0 atom stereocenters. The van der Waals surface area contributed by atoms with Gasteiger partial charge in [-0.15, -0.1) is 0 Å². The molecule has 0 aliphatic rings. The summed E-state index contributed by atoms with van der Waals surface area (Å²) in [7, 11) is 0. The third-order valence-electron chi connectivity index (χ3n) is 1.72. The van der Waals surface area contributed by atoms with Crippen molar-refractivity contribution in [3.8, 4) is 0 Å². The van der Waals surface area contributed by atoms with Crippen molar-refractivity contribution in [3.05, 3.63) is 22.4 Å². The minimum Gasteiger partial charge on any atom is -0.293 e. The van der Waals surface area contributed by atoms with Gasteiger partial charge in [0.25, 0.3) is 0 Å². The van der Waals surface area contributed by atoms with Gasteiger partial charge in [0.2, 0.25) is 5.92 Å². The van der Waals surface area contributed by atoms with Crippen LogP contribution >= 0.6 is 11.3 Å². The normalized spacial score (nSPS) is 13.2. The molecule has 0 radical (unpaired) electrons. The molecule has 90 valence electrons. The van der Waals surface area contributed by atoms with Crippen LogP contribution in [0.15, 0.2) is 16.8 Å². The molecule has 0 saturated heterocycles. The summed E-state index contributed by atoms with van der Waals surface area (Å²) >= 11 is 0.851. The summed E-state index contributed by atoms with van der Waals surface area (Å²) in [6, 6.07) is 0.928. The average molecular weight is 262 g/mol. The minimum atomic E-state index is -5.63. The van der Waals surface area contributed by atoms with Gasteiger partial charge in [0.15, 0.2) is 5.78 Å². The SMILES string of the molecule is O=C(c1ccsc1)C(C(F)(F)F)C(F)(F)F. The number of hydrogen-bond donors (Lipinski definition) is 0. The molecule has 16 heavy (non-hydrogen) atoms. The van der Waals surface area contributed by atoms with Crippen molar-refractivity contribution in [2.75, 3.05) is 0 Å². The molecule has 0 aromatic carbocycles. The predicted molar refractivity (Wildman–Crippen MR) is 44.2 cm³/mol. The second kappa shape index (κ2) is 4.08. The zero-order valence-electron chi connectivity index (χ0n) is 7.39. The van der Waals surface area contributed by atoms with Crippen LogP contribution in [0.1, 0.15) is 10.4 Å². The summed E-state index contributed by atoms with van der Waals surface area (Å²) in [5, 5.41) is 2.18. The molecule has 1 aromatic heterocycles. The molecule has 1 nitrogen and oxygen atoms in total. The Kier molecular flexibility index (Phi) is 3.32. The maximum Gasteiger partial charge on any atom is 0.407 e. The highest BCUT2D eigenvalue weighted by molar-refractivity contribution is 7.08. The fourth-order valence-electron chi connectivity index (χ4n) is 1.05. The maximum atomic E-state index is 12.1. The smallest absolute Gasteiger partial charge is 0.293 e. The number of halogens is 6. The van der Waals surface area contributed by atoms with Gasteiger partial charge in [-0.05, 0) is 11.4 Å². The lowest BCUT2D eigenvalue weighted by Crippen LogP contribution is -2.42. The second-order valence-corrected chi connectivity index (χ2v) is 3.67. The van der Waals surface area contributed by atoms with Crippen LogP contribution in [0.4, 0.5) is 26.3 Å². The summed E-state index contributed by atoms with van der Waals surface area (Å²) in [6.45, 7) is 0. The summed E-state index contributed by atoms with van der Waals surface area (Å²) in [5.41, 5.74) is -0.579. The summed E-state index contributed by atoms with van der Waals surface area (Å²) in [6.07, 6.45) is -11.3. The lowest BCUT2D eigenvalue weighted by molar-refractivity contribution is -0.264. The molecule has 0 unspecified atom stereocenters. The van der Waals surface area contributed by atoms with Crippen molar-refractivity contribution in [1.29, 1.82) is 0 Å². The quantitative estimate of drug-likeness (QED) is 0.587. The Hall–Kier alpha value is -1.05. The van der Waals surface area contributed by atoms with Gasteiger partial charge in [0.05, 0.1) is 0 Å². The Morgan fingerprint density at radius 1 is 1.12 bits per heavy atom. The van der Waals surface area contributed by atoms with Crippen molar-refractivity contribution in [3.63, 3.8) is 0 Å². The van der Waals surface area contributed by atoms with E-state index in [1.165, 1.54) is 5.38 Å². The fraction of sp³-hybridized carbons (Fsp3) is 0.375. The zero-order chi connectivity index (χ0) is 12.6. The highest BCUT2D eigenvalue weighted by Gasteiger charge is 2.60. The van der Waals surface area contributed by atoms with Crippen molar-refractivity contribution in [2.45, 2.75) is 12.4 Å². The highest BCUT2D eigenvalue weighted by atomic mass is 32.1. The Bertz CT molecular complexity index is 349. The van der Waals surface area contributed by atoms with Crippen molar-refractivity contribution >= 4 is 17.1 Å². The lowest BCUT2D eigenvalue weighted by Gasteiger charge is -2.21. The van der Waals surface area contributed by atoms with E-state index in [9.17, 15) is 31.1 Å². The maximum absolute atomic E-state index is 12.1. The van der Waals surface area contributed by atoms with Crippen LogP contribution in [0.3, 0.4) is 0 Å². The zero-order valence-corrected chi connectivity index (χ0v) is 8.21. The molecule has 0 bridgehead atoms. The van der Waals surface area contributed by atoms with Crippen LogP contribution in [0.2, 0.25) is 0 Å².